The summed E-state index contributed by atoms with van der Waals surface area (Å²) >= 11 is 0. The minimum absolute atomic E-state index is 0.873. The molecule has 0 atom stereocenters. The largest absolute Gasteiger partial charge is 0.457 e. The van der Waals surface area contributed by atoms with Gasteiger partial charge in [-0.3, -0.25) is 0 Å². The van der Waals surface area contributed by atoms with E-state index in [2.05, 4.69) is 24.4 Å². The van der Waals surface area contributed by atoms with Crippen LogP contribution in [0.2, 0.25) is 0 Å². The van der Waals surface area contributed by atoms with E-state index < -0.39 is 0 Å². The first-order valence-electron chi connectivity index (χ1n) is 6.41. The van der Waals surface area contributed by atoms with Gasteiger partial charge in [-0.2, -0.15) is 0 Å². The molecule has 0 saturated heterocycles. The van der Waals surface area contributed by atoms with Crippen molar-refractivity contribution in [2.75, 3.05) is 13.1 Å². The summed E-state index contributed by atoms with van der Waals surface area (Å²) in [6, 6.07) is 18.1. The molecule has 2 heteroatoms. The number of para-hydroxylation sites is 1. The van der Waals surface area contributed by atoms with Crippen LogP contribution in [0.1, 0.15) is 12.5 Å². The summed E-state index contributed by atoms with van der Waals surface area (Å²) < 4.78 is 5.74. The molecule has 0 amide bonds. The maximum Gasteiger partial charge on any atom is 0.127 e. The van der Waals surface area contributed by atoms with Crippen molar-refractivity contribution in [3.8, 4) is 11.5 Å². The number of ether oxygens (including phenoxy) is 1. The third-order valence-corrected chi connectivity index (χ3v) is 2.74. The molecule has 1 N–H and O–H groups in total. The predicted octanol–water partition coefficient (Wildman–Crippen LogP) is 3.63. The second-order valence-corrected chi connectivity index (χ2v) is 4.16. The molecular formula is C16H19NO. The lowest BCUT2D eigenvalue weighted by Crippen LogP contribution is -2.15. The molecule has 0 aromatic heterocycles. The molecule has 0 aliphatic rings. The Morgan fingerprint density at radius 1 is 0.889 bits per heavy atom. The van der Waals surface area contributed by atoms with Crippen molar-refractivity contribution in [3.05, 3.63) is 60.2 Å². The van der Waals surface area contributed by atoms with Gasteiger partial charge in [-0.1, -0.05) is 37.3 Å². The van der Waals surface area contributed by atoms with Gasteiger partial charge in [0.2, 0.25) is 0 Å². The molecule has 0 unspecified atom stereocenters. The zero-order valence-corrected chi connectivity index (χ0v) is 10.7. The van der Waals surface area contributed by atoms with E-state index in [4.69, 9.17) is 4.74 Å². The van der Waals surface area contributed by atoms with Gasteiger partial charge < -0.3 is 10.1 Å². The molecule has 2 aromatic carbocycles. The molecule has 0 aliphatic heterocycles. The average Bonchev–Trinajstić information content (AvgIpc) is 2.42. The molecule has 2 nitrogen and oxygen atoms in total. The highest BCUT2D eigenvalue weighted by atomic mass is 16.5. The number of rotatable bonds is 6. The molecule has 0 aliphatic carbocycles. The zero-order valence-electron chi connectivity index (χ0n) is 10.7. The molecule has 2 aromatic rings. The van der Waals surface area contributed by atoms with Crippen molar-refractivity contribution < 1.29 is 4.74 Å². The standard InChI is InChI=1S/C16H19NO/c1-2-17-13-12-14-8-10-16(11-9-14)18-15-6-4-3-5-7-15/h3-11,17H,2,12-13H2,1H3. The molecule has 0 radical (unpaired) electrons. The van der Waals surface area contributed by atoms with E-state index in [-0.39, 0.29) is 0 Å². The highest BCUT2D eigenvalue weighted by Gasteiger charge is 1.97. The summed E-state index contributed by atoms with van der Waals surface area (Å²) in [5.74, 6) is 1.76. The molecule has 0 saturated carbocycles. The summed E-state index contributed by atoms with van der Waals surface area (Å²) in [6.45, 7) is 4.17. The fraction of sp³-hybridized carbons (Fsp3) is 0.250. The van der Waals surface area contributed by atoms with Gasteiger partial charge >= 0.3 is 0 Å². The van der Waals surface area contributed by atoms with Gasteiger partial charge in [0, 0.05) is 0 Å². The van der Waals surface area contributed by atoms with Crippen LogP contribution in [-0.4, -0.2) is 13.1 Å². The number of benzene rings is 2. The van der Waals surface area contributed by atoms with Gasteiger partial charge in [0.1, 0.15) is 11.5 Å². The first kappa shape index (κ1) is 12.7. The van der Waals surface area contributed by atoms with Gasteiger partial charge in [-0.15, -0.1) is 0 Å². The van der Waals surface area contributed by atoms with Gasteiger partial charge in [0.05, 0.1) is 0 Å². The number of likely N-dealkylation sites (N-methyl/N-ethyl adjacent to an activating group) is 1. The second kappa shape index (κ2) is 6.82. The van der Waals surface area contributed by atoms with E-state index in [0.29, 0.717) is 0 Å². The normalized spacial score (nSPS) is 10.3. The Hall–Kier alpha value is -1.80. The summed E-state index contributed by atoms with van der Waals surface area (Å²) in [5.41, 5.74) is 1.33. The monoisotopic (exact) mass is 241 g/mol. The fourth-order valence-corrected chi connectivity index (χ4v) is 1.76. The van der Waals surface area contributed by atoms with Crippen LogP contribution >= 0.6 is 0 Å². The Morgan fingerprint density at radius 3 is 2.22 bits per heavy atom. The maximum absolute atomic E-state index is 5.74. The molecule has 2 rings (SSSR count). The quantitative estimate of drug-likeness (QED) is 0.780. The van der Waals surface area contributed by atoms with E-state index in [1.54, 1.807) is 0 Å². The van der Waals surface area contributed by atoms with Crippen molar-refractivity contribution in [2.45, 2.75) is 13.3 Å². The lowest BCUT2D eigenvalue weighted by Gasteiger charge is -2.07. The second-order valence-electron chi connectivity index (χ2n) is 4.16. The van der Waals surface area contributed by atoms with E-state index in [0.717, 1.165) is 31.0 Å². The van der Waals surface area contributed by atoms with Crippen molar-refractivity contribution in [1.82, 2.24) is 5.32 Å². The van der Waals surface area contributed by atoms with Crippen LogP contribution in [-0.2, 0) is 6.42 Å². The van der Waals surface area contributed by atoms with Gasteiger partial charge in [0.25, 0.3) is 0 Å². The minimum Gasteiger partial charge on any atom is -0.457 e. The Balaban J connectivity index is 1.91. The summed E-state index contributed by atoms with van der Waals surface area (Å²) in [4.78, 5) is 0. The predicted molar refractivity (Wildman–Crippen MR) is 75.2 cm³/mol. The lowest BCUT2D eigenvalue weighted by molar-refractivity contribution is 0.482. The van der Waals surface area contributed by atoms with Crippen LogP contribution in [0.15, 0.2) is 54.6 Å². The van der Waals surface area contributed by atoms with Crippen LogP contribution in [0.25, 0.3) is 0 Å². The summed E-state index contributed by atoms with van der Waals surface area (Å²) in [7, 11) is 0. The minimum atomic E-state index is 0.873. The van der Waals surface area contributed by atoms with Crippen molar-refractivity contribution in [3.63, 3.8) is 0 Å². The molecule has 0 bridgehead atoms. The molecule has 0 heterocycles. The van der Waals surface area contributed by atoms with Gasteiger partial charge in [0.15, 0.2) is 0 Å². The van der Waals surface area contributed by atoms with Gasteiger partial charge in [-0.25, -0.2) is 0 Å². The van der Waals surface area contributed by atoms with Gasteiger partial charge in [-0.05, 0) is 49.3 Å². The Morgan fingerprint density at radius 2 is 1.56 bits per heavy atom. The van der Waals surface area contributed by atoms with Crippen LogP contribution in [0.3, 0.4) is 0 Å². The first-order chi connectivity index (χ1) is 8.88. The molecule has 0 fully saturated rings. The van der Waals surface area contributed by atoms with Crippen LogP contribution in [0.4, 0.5) is 0 Å². The van der Waals surface area contributed by atoms with E-state index in [1.165, 1.54) is 5.56 Å². The SMILES string of the molecule is CCNCCc1ccc(Oc2ccccc2)cc1. The third kappa shape index (κ3) is 3.90. The number of hydrogen-bond donors (Lipinski definition) is 1. The third-order valence-electron chi connectivity index (χ3n) is 2.74. The van der Waals surface area contributed by atoms with E-state index >= 15 is 0 Å². The van der Waals surface area contributed by atoms with Crippen LogP contribution < -0.4 is 10.1 Å². The van der Waals surface area contributed by atoms with E-state index in [1.807, 2.05) is 42.5 Å². The van der Waals surface area contributed by atoms with Crippen LogP contribution in [0, 0.1) is 0 Å². The highest BCUT2D eigenvalue weighted by Crippen LogP contribution is 2.21. The number of nitrogens with one attached hydrogen (secondary N) is 1. The Bertz CT molecular complexity index is 450. The molecule has 0 spiro atoms. The molecular weight excluding hydrogens is 222 g/mol. The van der Waals surface area contributed by atoms with Crippen molar-refractivity contribution in [1.29, 1.82) is 0 Å². The first-order valence-corrected chi connectivity index (χ1v) is 6.41. The summed E-state index contributed by atoms with van der Waals surface area (Å²) in [5, 5.41) is 3.32. The van der Waals surface area contributed by atoms with Crippen molar-refractivity contribution in [2.24, 2.45) is 0 Å². The van der Waals surface area contributed by atoms with Crippen molar-refractivity contribution >= 4 is 0 Å². The number of hydrogen-bond acceptors (Lipinski definition) is 2. The maximum atomic E-state index is 5.74. The Kier molecular flexibility index (Phi) is 4.79. The highest BCUT2D eigenvalue weighted by molar-refractivity contribution is 5.32. The molecule has 94 valence electrons. The summed E-state index contributed by atoms with van der Waals surface area (Å²) in [6.07, 6.45) is 1.06. The average molecular weight is 241 g/mol. The van der Waals surface area contributed by atoms with Crippen LogP contribution in [0.5, 0.6) is 11.5 Å². The zero-order chi connectivity index (χ0) is 12.6. The Labute approximate surface area is 109 Å². The van der Waals surface area contributed by atoms with E-state index in [9.17, 15) is 0 Å². The topological polar surface area (TPSA) is 21.3 Å². The lowest BCUT2D eigenvalue weighted by atomic mass is 10.1. The smallest absolute Gasteiger partial charge is 0.127 e. The fourth-order valence-electron chi connectivity index (χ4n) is 1.76. The molecule has 18 heavy (non-hydrogen) atoms.